The Labute approximate surface area is 67.0 Å². The number of hydrogen-bond acceptors (Lipinski definition) is 1. The third kappa shape index (κ3) is 2.66. The van der Waals surface area contributed by atoms with Gasteiger partial charge in [-0.2, -0.15) is 0 Å². The highest BCUT2D eigenvalue weighted by molar-refractivity contribution is 5.93. The summed E-state index contributed by atoms with van der Waals surface area (Å²) in [7, 11) is 0. The van der Waals surface area contributed by atoms with E-state index in [1.165, 1.54) is 31.8 Å². The average Bonchev–Trinajstić information content (AvgIpc) is 2.52. The SMILES string of the molecule is C=CC(=O)/N=C/C1CCCC1. The van der Waals surface area contributed by atoms with Crippen molar-refractivity contribution >= 4 is 12.1 Å². The van der Waals surface area contributed by atoms with Gasteiger partial charge in [0, 0.05) is 6.21 Å². The van der Waals surface area contributed by atoms with Crippen molar-refractivity contribution in [3.8, 4) is 0 Å². The van der Waals surface area contributed by atoms with Gasteiger partial charge in [-0.1, -0.05) is 19.4 Å². The Bertz CT molecular complexity index is 178. The second-order valence-electron chi connectivity index (χ2n) is 2.87. The van der Waals surface area contributed by atoms with Crippen molar-refractivity contribution in [2.24, 2.45) is 10.9 Å². The molecule has 0 spiro atoms. The largest absolute Gasteiger partial charge is 0.268 e. The van der Waals surface area contributed by atoms with Crippen LogP contribution in [0.3, 0.4) is 0 Å². The zero-order chi connectivity index (χ0) is 8.10. The highest BCUT2D eigenvalue weighted by Gasteiger charge is 2.11. The fraction of sp³-hybridized carbons (Fsp3) is 0.556. The Balaban J connectivity index is 2.33. The normalized spacial score (nSPS) is 19.3. The molecular weight excluding hydrogens is 138 g/mol. The molecule has 1 fully saturated rings. The summed E-state index contributed by atoms with van der Waals surface area (Å²) in [5.74, 6) is 0.316. The molecule has 0 aromatic rings. The Hall–Kier alpha value is -0.920. The molecule has 0 atom stereocenters. The maximum absolute atomic E-state index is 10.7. The van der Waals surface area contributed by atoms with Gasteiger partial charge in [0.1, 0.15) is 0 Å². The molecule has 0 radical (unpaired) electrons. The maximum Gasteiger partial charge on any atom is 0.268 e. The van der Waals surface area contributed by atoms with Gasteiger partial charge in [-0.15, -0.1) is 0 Å². The quantitative estimate of drug-likeness (QED) is 0.438. The molecule has 0 unspecified atom stereocenters. The minimum atomic E-state index is -0.225. The van der Waals surface area contributed by atoms with Crippen LogP contribution in [0.25, 0.3) is 0 Å². The van der Waals surface area contributed by atoms with Gasteiger partial charge in [-0.25, -0.2) is 4.99 Å². The minimum absolute atomic E-state index is 0.225. The van der Waals surface area contributed by atoms with Crippen molar-refractivity contribution in [2.75, 3.05) is 0 Å². The van der Waals surface area contributed by atoms with Crippen molar-refractivity contribution in [1.29, 1.82) is 0 Å². The Morgan fingerprint density at radius 2 is 2.09 bits per heavy atom. The fourth-order valence-electron chi connectivity index (χ4n) is 1.34. The molecule has 2 heteroatoms. The number of hydrogen-bond donors (Lipinski definition) is 0. The van der Waals surface area contributed by atoms with Crippen LogP contribution in [-0.4, -0.2) is 12.1 Å². The first-order chi connectivity index (χ1) is 5.33. The number of rotatable bonds is 2. The van der Waals surface area contributed by atoms with Crippen molar-refractivity contribution in [3.05, 3.63) is 12.7 Å². The van der Waals surface area contributed by atoms with Crippen LogP contribution in [0, 0.1) is 5.92 Å². The second kappa shape index (κ2) is 4.06. The first-order valence-electron chi connectivity index (χ1n) is 4.03. The number of nitrogens with zero attached hydrogens (tertiary/aromatic N) is 1. The lowest BCUT2D eigenvalue weighted by Gasteiger charge is -1.96. The van der Waals surface area contributed by atoms with Gasteiger partial charge in [-0.3, -0.25) is 4.79 Å². The molecular formula is C9H13NO. The highest BCUT2D eigenvalue weighted by atomic mass is 16.1. The molecule has 1 rings (SSSR count). The molecule has 1 aliphatic carbocycles. The van der Waals surface area contributed by atoms with Crippen LogP contribution in [0.4, 0.5) is 0 Å². The molecule has 0 bridgehead atoms. The fourth-order valence-corrected chi connectivity index (χ4v) is 1.34. The second-order valence-corrected chi connectivity index (χ2v) is 2.87. The van der Waals surface area contributed by atoms with Crippen molar-refractivity contribution in [3.63, 3.8) is 0 Å². The van der Waals surface area contributed by atoms with Gasteiger partial charge in [0.25, 0.3) is 5.91 Å². The minimum Gasteiger partial charge on any atom is -0.268 e. The lowest BCUT2D eigenvalue weighted by Crippen LogP contribution is -1.96. The molecule has 0 saturated heterocycles. The van der Waals surface area contributed by atoms with Crippen LogP contribution in [-0.2, 0) is 4.79 Å². The van der Waals surface area contributed by atoms with E-state index in [1.54, 1.807) is 6.21 Å². The third-order valence-corrected chi connectivity index (χ3v) is 1.99. The molecule has 1 aliphatic rings. The third-order valence-electron chi connectivity index (χ3n) is 1.99. The van der Waals surface area contributed by atoms with Crippen LogP contribution in [0.2, 0.25) is 0 Å². The zero-order valence-electron chi connectivity index (χ0n) is 6.62. The zero-order valence-corrected chi connectivity index (χ0v) is 6.62. The Morgan fingerprint density at radius 3 is 2.64 bits per heavy atom. The average molecular weight is 151 g/mol. The van der Waals surface area contributed by atoms with Crippen LogP contribution in [0.15, 0.2) is 17.6 Å². The lowest BCUT2D eigenvalue weighted by atomic mass is 10.1. The van der Waals surface area contributed by atoms with E-state index in [-0.39, 0.29) is 5.91 Å². The van der Waals surface area contributed by atoms with Gasteiger partial charge >= 0.3 is 0 Å². The summed E-state index contributed by atoms with van der Waals surface area (Å²) in [4.78, 5) is 14.4. The van der Waals surface area contributed by atoms with Crippen LogP contribution < -0.4 is 0 Å². The summed E-state index contributed by atoms with van der Waals surface area (Å²) in [6.45, 7) is 3.34. The molecule has 1 amide bonds. The van der Waals surface area contributed by atoms with E-state index in [1.807, 2.05) is 0 Å². The van der Waals surface area contributed by atoms with Crippen LogP contribution in [0.5, 0.6) is 0 Å². The number of carbonyl (C=O) groups excluding carboxylic acids is 1. The molecule has 60 valence electrons. The summed E-state index contributed by atoms with van der Waals surface area (Å²) in [5, 5.41) is 0. The first-order valence-corrected chi connectivity index (χ1v) is 4.03. The summed E-state index contributed by atoms with van der Waals surface area (Å²) < 4.78 is 0. The summed E-state index contributed by atoms with van der Waals surface area (Å²) in [6.07, 6.45) is 7.95. The molecule has 0 aromatic carbocycles. The van der Waals surface area contributed by atoms with E-state index in [2.05, 4.69) is 11.6 Å². The maximum atomic E-state index is 10.7. The smallest absolute Gasteiger partial charge is 0.268 e. The molecule has 0 N–H and O–H groups in total. The van der Waals surface area contributed by atoms with Gasteiger partial charge in [0.05, 0.1) is 0 Å². The topological polar surface area (TPSA) is 29.4 Å². The Kier molecular flexibility index (Phi) is 3.02. The van der Waals surface area contributed by atoms with Gasteiger partial charge in [-0.05, 0) is 24.8 Å². The first kappa shape index (κ1) is 8.18. The van der Waals surface area contributed by atoms with Gasteiger partial charge < -0.3 is 0 Å². The monoisotopic (exact) mass is 151 g/mol. The van der Waals surface area contributed by atoms with E-state index < -0.39 is 0 Å². The summed E-state index contributed by atoms with van der Waals surface area (Å²) in [6, 6.07) is 0. The standard InChI is InChI=1S/C9H13NO/c1-2-9(11)10-7-8-5-3-4-6-8/h2,7-8H,1,3-6H2/b10-7+. The lowest BCUT2D eigenvalue weighted by molar-refractivity contribution is -0.113. The molecule has 0 aliphatic heterocycles. The van der Waals surface area contributed by atoms with E-state index >= 15 is 0 Å². The van der Waals surface area contributed by atoms with Gasteiger partial charge in [0.15, 0.2) is 0 Å². The van der Waals surface area contributed by atoms with Gasteiger partial charge in [0.2, 0.25) is 0 Å². The molecule has 0 heterocycles. The van der Waals surface area contributed by atoms with Crippen LogP contribution >= 0.6 is 0 Å². The number of aliphatic imine (C=N–C) groups is 1. The highest BCUT2D eigenvalue weighted by Crippen LogP contribution is 2.22. The van der Waals surface area contributed by atoms with E-state index in [0.29, 0.717) is 5.92 Å². The molecule has 0 aromatic heterocycles. The Morgan fingerprint density at radius 1 is 1.45 bits per heavy atom. The van der Waals surface area contributed by atoms with E-state index in [9.17, 15) is 4.79 Å². The molecule has 2 nitrogen and oxygen atoms in total. The summed E-state index contributed by atoms with van der Waals surface area (Å²) >= 11 is 0. The van der Waals surface area contributed by atoms with E-state index in [4.69, 9.17) is 0 Å². The van der Waals surface area contributed by atoms with Crippen molar-refractivity contribution in [2.45, 2.75) is 25.7 Å². The van der Waals surface area contributed by atoms with Crippen molar-refractivity contribution in [1.82, 2.24) is 0 Å². The number of carbonyl (C=O) groups is 1. The van der Waals surface area contributed by atoms with E-state index in [0.717, 1.165) is 0 Å². The molecule has 1 saturated carbocycles. The molecule has 11 heavy (non-hydrogen) atoms. The summed E-state index contributed by atoms with van der Waals surface area (Å²) in [5.41, 5.74) is 0. The van der Waals surface area contributed by atoms with Crippen molar-refractivity contribution < 1.29 is 4.79 Å². The predicted molar refractivity (Wildman–Crippen MR) is 45.7 cm³/mol. The van der Waals surface area contributed by atoms with Crippen LogP contribution in [0.1, 0.15) is 25.7 Å². The number of amides is 1. The predicted octanol–water partition coefficient (Wildman–Crippen LogP) is 1.96.